The van der Waals surface area contributed by atoms with Crippen LogP contribution in [0.5, 0.6) is 0 Å². The molecule has 1 fully saturated rings. The van der Waals surface area contributed by atoms with Crippen molar-refractivity contribution in [1.82, 2.24) is 15.2 Å². The topological polar surface area (TPSA) is 37.4 Å². The Balaban J connectivity index is 1.92. The summed E-state index contributed by atoms with van der Waals surface area (Å²) in [7, 11) is 0. The number of rotatable bonds is 8. The molecular weight excluding hydrogens is 250 g/mol. The second kappa shape index (κ2) is 8.35. The van der Waals surface area contributed by atoms with E-state index in [9.17, 15) is 0 Å². The number of hydrogen-bond donors (Lipinski definition) is 1. The third kappa shape index (κ3) is 4.54. The van der Waals surface area contributed by atoms with Crippen LogP contribution >= 0.6 is 0 Å². The van der Waals surface area contributed by atoms with Gasteiger partial charge in [-0.1, -0.05) is 13.8 Å². The minimum absolute atomic E-state index is 0.532. The predicted molar refractivity (Wildman–Crippen MR) is 81.6 cm³/mol. The van der Waals surface area contributed by atoms with E-state index in [1.807, 2.05) is 12.4 Å². The fraction of sp³-hybridized carbons (Fsp3) is 0.688. The van der Waals surface area contributed by atoms with Crippen LogP contribution in [0.1, 0.15) is 25.8 Å². The van der Waals surface area contributed by atoms with Gasteiger partial charge in [0.1, 0.15) is 0 Å². The Kier molecular flexibility index (Phi) is 6.43. The third-order valence-electron chi connectivity index (χ3n) is 4.06. The molecule has 20 heavy (non-hydrogen) atoms. The van der Waals surface area contributed by atoms with Crippen molar-refractivity contribution in [3.05, 3.63) is 30.1 Å². The van der Waals surface area contributed by atoms with Crippen LogP contribution in [0.15, 0.2) is 24.5 Å². The largest absolute Gasteiger partial charge is 0.381 e. The summed E-state index contributed by atoms with van der Waals surface area (Å²) in [5.41, 5.74) is 1.33. The van der Waals surface area contributed by atoms with E-state index < -0.39 is 0 Å². The molecule has 112 valence electrons. The van der Waals surface area contributed by atoms with E-state index in [4.69, 9.17) is 4.74 Å². The number of hydrogen-bond acceptors (Lipinski definition) is 4. The molecule has 0 bridgehead atoms. The zero-order valence-electron chi connectivity index (χ0n) is 12.7. The van der Waals surface area contributed by atoms with Gasteiger partial charge in [-0.15, -0.1) is 0 Å². The smallest absolute Gasteiger partial charge is 0.0510 e. The molecule has 0 spiro atoms. The van der Waals surface area contributed by atoms with Crippen LogP contribution in [0.4, 0.5) is 0 Å². The van der Waals surface area contributed by atoms with Crippen molar-refractivity contribution in [2.75, 3.05) is 32.8 Å². The molecule has 0 amide bonds. The SMILES string of the molecule is CCNC(CN(CC)Cc1ccncc1)C1CCOC1. The lowest BCUT2D eigenvalue weighted by Gasteiger charge is -2.30. The first kappa shape index (κ1) is 15.4. The van der Waals surface area contributed by atoms with Gasteiger partial charge >= 0.3 is 0 Å². The van der Waals surface area contributed by atoms with Crippen LogP contribution in [0.25, 0.3) is 0 Å². The molecule has 1 N–H and O–H groups in total. The minimum atomic E-state index is 0.532. The molecule has 1 aromatic heterocycles. The van der Waals surface area contributed by atoms with Gasteiger partial charge in [0, 0.05) is 44.0 Å². The summed E-state index contributed by atoms with van der Waals surface area (Å²) in [6.07, 6.45) is 4.93. The Bertz CT molecular complexity index is 365. The number of aromatic nitrogens is 1. The first-order chi connectivity index (χ1) is 9.83. The molecule has 4 nitrogen and oxygen atoms in total. The maximum Gasteiger partial charge on any atom is 0.0510 e. The second-order valence-corrected chi connectivity index (χ2v) is 5.47. The third-order valence-corrected chi connectivity index (χ3v) is 4.06. The number of ether oxygens (including phenoxy) is 1. The van der Waals surface area contributed by atoms with E-state index in [0.717, 1.165) is 39.4 Å². The van der Waals surface area contributed by atoms with Crippen molar-refractivity contribution in [2.45, 2.75) is 32.9 Å². The molecule has 4 heteroatoms. The van der Waals surface area contributed by atoms with Gasteiger partial charge in [-0.2, -0.15) is 0 Å². The Labute approximate surface area is 122 Å². The summed E-state index contributed by atoms with van der Waals surface area (Å²) in [4.78, 5) is 6.59. The van der Waals surface area contributed by atoms with Gasteiger partial charge in [-0.3, -0.25) is 9.88 Å². The first-order valence-electron chi connectivity index (χ1n) is 7.75. The predicted octanol–water partition coefficient (Wildman–Crippen LogP) is 1.92. The van der Waals surface area contributed by atoms with Crippen LogP contribution < -0.4 is 5.32 Å². The summed E-state index contributed by atoms with van der Waals surface area (Å²) >= 11 is 0. The summed E-state index contributed by atoms with van der Waals surface area (Å²) in [5.74, 6) is 0.654. The van der Waals surface area contributed by atoms with Gasteiger partial charge < -0.3 is 10.1 Å². The van der Waals surface area contributed by atoms with Gasteiger partial charge in [0.2, 0.25) is 0 Å². The number of nitrogens with zero attached hydrogens (tertiary/aromatic N) is 2. The number of pyridine rings is 1. The number of likely N-dealkylation sites (N-methyl/N-ethyl adjacent to an activating group) is 2. The van der Waals surface area contributed by atoms with Crippen LogP contribution in [0.3, 0.4) is 0 Å². The highest BCUT2D eigenvalue weighted by Crippen LogP contribution is 2.18. The molecule has 1 aromatic rings. The van der Waals surface area contributed by atoms with Crippen molar-refractivity contribution in [1.29, 1.82) is 0 Å². The summed E-state index contributed by atoms with van der Waals surface area (Å²) in [5, 5.41) is 3.64. The lowest BCUT2D eigenvalue weighted by atomic mass is 9.98. The highest BCUT2D eigenvalue weighted by atomic mass is 16.5. The zero-order valence-corrected chi connectivity index (χ0v) is 12.7. The maximum atomic E-state index is 5.55. The molecule has 1 aliphatic rings. The van der Waals surface area contributed by atoms with Gasteiger partial charge in [0.15, 0.2) is 0 Å². The van der Waals surface area contributed by atoms with Crippen molar-refractivity contribution in [3.63, 3.8) is 0 Å². The quantitative estimate of drug-likeness (QED) is 0.788. The van der Waals surface area contributed by atoms with Gasteiger partial charge in [0.05, 0.1) is 6.61 Å². The second-order valence-electron chi connectivity index (χ2n) is 5.47. The van der Waals surface area contributed by atoms with Crippen LogP contribution in [-0.2, 0) is 11.3 Å². The van der Waals surface area contributed by atoms with Crippen molar-refractivity contribution >= 4 is 0 Å². The Morgan fingerprint density at radius 3 is 2.80 bits per heavy atom. The molecule has 0 saturated carbocycles. The lowest BCUT2D eigenvalue weighted by molar-refractivity contribution is 0.161. The zero-order chi connectivity index (χ0) is 14.2. The van der Waals surface area contributed by atoms with Gasteiger partial charge in [-0.05, 0) is 37.2 Å². The lowest BCUT2D eigenvalue weighted by Crippen LogP contribution is -2.45. The number of nitrogens with one attached hydrogen (secondary N) is 1. The molecule has 0 aromatic carbocycles. The summed E-state index contributed by atoms with van der Waals surface area (Å²) < 4.78 is 5.55. The maximum absolute atomic E-state index is 5.55. The Morgan fingerprint density at radius 1 is 1.40 bits per heavy atom. The highest BCUT2D eigenvalue weighted by Gasteiger charge is 2.26. The van der Waals surface area contributed by atoms with Crippen molar-refractivity contribution in [3.8, 4) is 0 Å². The van der Waals surface area contributed by atoms with E-state index in [1.54, 1.807) is 0 Å². The molecule has 1 aliphatic heterocycles. The van der Waals surface area contributed by atoms with Gasteiger partial charge in [0.25, 0.3) is 0 Å². The van der Waals surface area contributed by atoms with Crippen molar-refractivity contribution < 1.29 is 4.74 Å². The normalized spacial score (nSPS) is 20.4. The minimum Gasteiger partial charge on any atom is -0.381 e. The Morgan fingerprint density at radius 2 is 2.20 bits per heavy atom. The standard InChI is InChI=1S/C16H27N3O/c1-3-18-16(15-7-10-20-13-15)12-19(4-2)11-14-5-8-17-9-6-14/h5-6,8-9,15-16,18H,3-4,7,10-13H2,1-2H3. The molecule has 0 radical (unpaired) electrons. The average Bonchev–Trinajstić information content (AvgIpc) is 3.01. The first-order valence-corrected chi connectivity index (χ1v) is 7.75. The van der Waals surface area contributed by atoms with E-state index in [-0.39, 0.29) is 0 Å². The van der Waals surface area contributed by atoms with E-state index in [2.05, 4.69) is 41.2 Å². The van der Waals surface area contributed by atoms with Crippen LogP contribution in [0, 0.1) is 5.92 Å². The van der Waals surface area contributed by atoms with Crippen molar-refractivity contribution in [2.24, 2.45) is 5.92 Å². The molecule has 2 unspecified atom stereocenters. The monoisotopic (exact) mass is 277 g/mol. The molecule has 0 aliphatic carbocycles. The average molecular weight is 277 g/mol. The van der Waals surface area contributed by atoms with E-state index in [0.29, 0.717) is 12.0 Å². The van der Waals surface area contributed by atoms with Crippen LogP contribution in [0.2, 0.25) is 0 Å². The molecule has 2 atom stereocenters. The fourth-order valence-corrected chi connectivity index (χ4v) is 2.84. The van der Waals surface area contributed by atoms with Crippen LogP contribution in [-0.4, -0.2) is 48.8 Å². The van der Waals surface area contributed by atoms with E-state index >= 15 is 0 Å². The fourth-order valence-electron chi connectivity index (χ4n) is 2.84. The summed E-state index contributed by atoms with van der Waals surface area (Å²) in [6.45, 7) is 10.4. The molecule has 1 saturated heterocycles. The molecule has 2 heterocycles. The molecular formula is C16H27N3O. The van der Waals surface area contributed by atoms with E-state index in [1.165, 1.54) is 12.0 Å². The highest BCUT2D eigenvalue weighted by molar-refractivity contribution is 5.09. The van der Waals surface area contributed by atoms with Gasteiger partial charge in [-0.25, -0.2) is 0 Å². The Hall–Kier alpha value is -0.970. The molecule has 2 rings (SSSR count). The summed E-state index contributed by atoms with van der Waals surface area (Å²) in [6, 6.07) is 4.73.